The number of benzene rings is 2. The van der Waals surface area contributed by atoms with Crippen molar-refractivity contribution in [3.05, 3.63) is 53.6 Å². The Morgan fingerprint density at radius 2 is 1.81 bits per heavy atom. The molecule has 21 heavy (non-hydrogen) atoms. The van der Waals surface area contributed by atoms with Gasteiger partial charge in [-0.1, -0.05) is 6.07 Å². The summed E-state index contributed by atoms with van der Waals surface area (Å²) in [5.41, 5.74) is 7.47. The van der Waals surface area contributed by atoms with Crippen LogP contribution in [0.25, 0.3) is 17.1 Å². The van der Waals surface area contributed by atoms with Crippen molar-refractivity contribution in [2.45, 2.75) is 6.92 Å². The molecular weight excluding hydrogens is 276 g/mol. The van der Waals surface area contributed by atoms with E-state index in [1.807, 2.05) is 6.92 Å². The Morgan fingerprint density at radius 1 is 1.10 bits per heavy atom. The minimum absolute atomic E-state index is 0.217. The van der Waals surface area contributed by atoms with E-state index < -0.39 is 11.6 Å². The molecule has 106 valence electrons. The lowest BCUT2D eigenvalue weighted by Gasteiger charge is -2.08. The van der Waals surface area contributed by atoms with E-state index >= 15 is 0 Å². The van der Waals surface area contributed by atoms with Gasteiger partial charge in [-0.2, -0.15) is 4.68 Å². The van der Waals surface area contributed by atoms with Crippen molar-refractivity contribution in [2.75, 3.05) is 5.73 Å². The van der Waals surface area contributed by atoms with Crippen LogP contribution in [-0.4, -0.2) is 20.2 Å². The molecule has 0 unspecified atom stereocenters. The van der Waals surface area contributed by atoms with Crippen molar-refractivity contribution < 1.29 is 8.78 Å². The lowest BCUT2D eigenvalue weighted by molar-refractivity contribution is 0.557. The number of rotatable bonds is 2. The molecule has 3 aromatic rings. The molecule has 0 saturated carbocycles. The Bertz CT molecular complexity index is 772. The van der Waals surface area contributed by atoms with Gasteiger partial charge in [0, 0.05) is 11.3 Å². The van der Waals surface area contributed by atoms with Crippen LogP contribution < -0.4 is 5.73 Å². The van der Waals surface area contributed by atoms with E-state index in [9.17, 15) is 8.78 Å². The summed E-state index contributed by atoms with van der Waals surface area (Å²) in [4.78, 5) is 0. The number of aryl methyl sites for hydroxylation is 1. The van der Waals surface area contributed by atoms with Crippen LogP contribution in [0.5, 0.6) is 0 Å². The van der Waals surface area contributed by atoms with Gasteiger partial charge in [0.15, 0.2) is 17.5 Å². The van der Waals surface area contributed by atoms with Crippen LogP contribution in [0.3, 0.4) is 0 Å². The van der Waals surface area contributed by atoms with Gasteiger partial charge in [0.25, 0.3) is 0 Å². The van der Waals surface area contributed by atoms with E-state index in [1.165, 1.54) is 6.07 Å². The average Bonchev–Trinajstić information content (AvgIpc) is 2.86. The van der Waals surface area contributed by atoms with Crippen LogP contribution in [0.4, 0.5) is 14.5 Å². The van der Waals surface area contributed by atoms with E-state index in [4.69, 9.17) is 5.73 Å². The Kier molecular flexibility index (Phi) is 3.09. The Hall–Kier alpha value is -2.83. The van der Waals surface area contributed by atoms with Gasteiger partial charge < -0.3 is 5.73 Å². The lowest BCUT2D eigenvalue weighted by Crippen LogP contribution is -2.06. The van der Waals surface area contributed by atoms with Crippen LogP contribution in [0.15, 0.2) is 36.4 Å². The number of anilines is 1. The largest absolute Gasteiger partial charge is 0.399 e. The number of halogens is 2. The van der Waals surface area contributed by atoms with Gasteiger partial charge in [0.05, 0.1) is 0 Å². The molecule has 0 amide bonds. The number of aromatic nitrogens is 4. The first kappa shape index (κ1) is 13.2. The fourth-order valence-electron chi connectivity index (χ4n) is 2.15. The van der Waals surface area contributed by atoms with Crippen LogP contribution >= 0.6 is 0 Å². The second-order valence-corrected chi connectivity index (χ2v) is 4.62. The average molecular weight is 287 g/mol. The van der Waals surface area contributed by atoms with Crippen molar-refractivity contribution in [1.29, 1.82) is 0 Å². The van der Waals surface area contributed by atoms with Gasteiger partial charge >= 0.3 is 0 Å². The van der Waals surface area contributed by atoms with Crippen molar-refractivity contribution >= 4 is 5.69 Å². The molecule has 2 aromatic carbocycles. The molecule has 0 radical (unpaired) electrons. The summed E-state index contributed by atoms with van der Waals surface area (Å²) in [6.45, 7) is 1.86. The molecule has 5 nitrogen and oxygen atoms in total. The highest BCUT2D eigenvalue weighted by atomic mass is 19.1. The second-order valence-electron chi connectivity index (χ2n) is 4.62. The molecular formula is C14H11F2N5. The first-order valence-electron chi connectivity index (χ1n) is 6.16. The molecule has 0 bridgehead atoms. The summed E-state index contributed by atoms with van der Waals surface area (Å²) < 4.78 is 28.8. The van der Waals surface area contributed by atoms with E-state index in [2.05, 4.69) is 15.5 Å². The molecule has 0 saturated heterocycles. The highest BCUT2D eigenvalue weighted by molar-refractivity contribution is 5.64. The van der Waals surface area contributed by atoms with Crippen molar-refractivity contribution in [2.24, 2.45) is 0 Å². The Morgan fingerprint density at radius 3 is 2.48 bits per heavy atom. The predicted molar refractivity (Wildman–Crippen MR) is 73.7 cm³/mol. The predicted octanol–water partition coefficient (Wildman–Crippen LogP) is 2.50. The first-order chi connectivity index (χ1) is 10.1. The molecule has 3 rings (SSSR count). The monoisotopic (exact) mass is 287 g/mol. The highest BCUT2D eigenvalue weighted by Crippen LogP contribution is 2.25. The molecule has 0 fully saturated rings. The van der Waals surface area contributed by atoms with Gasteiger partial charge in [-0.3, -0.25) is 0 Å². The third kappa shape index (κ3) is 2.33. The summed E-state index contributed by atoms with van der Waals surface area (Å²) in [7, 11) is 0. The van der Waals surface area contributed by atoms with E-state index in [1.54, 1.807) is 18.2 Å². The minimum Gasteiger partial charge on any atom is -0.399 e. The van der Waals surface area contributed by atoms with E-state index in [-0.39, 0.29) is 11.5 Å². The topological polar surface area (TPSA) is 69.6 Å². The van der Waals surface area contributed by atoms with Crippen molar-refractivity contribution in [1.82, 2.24) is 20.2 Å². The van der Waals surface area contributed by atoms with Gasteiger partial charge in [0.2, 0.25) is 0 Å². The fraction of sp³-hybridized carbons (Fsp3) is 0.0714. The SMILES string of the molecule is Cc1cc(N)cc(-c2nnnn2-c2c(F)cccc2F)c1. The van der Waals surface area contributed by atoms with Gasteiger partial charge in [-0.25, -0.2) is 8.78 Å². The molecule has 0 aliphatic rings. The van der Waals surface area contributed by atoms with E-state index in [0.29, 0.717) is 11.3 Å². The zero-order valence-electron chi connectivity index (χ0n) is 11.1. The highest BCUT2D eigenvalue weighted by Gasteiger charge is 2.18. The van der Waals surface area contributed by atoms with Crippen LogP contribution in [0.2, 0.25) is 0 Å². The third-order valence-corrected chi connectivity index (χ3v) is 2.98. The number of nitrogens with zero attached hydrogens (tertiary/aromatic N) is 4. The third-order valence-electron chi connectivity index (χ3n) is 2.98. The molecule has 7 heteroatoms. The lowest BCUT2D eigenvalue weighted by atomic mass is 10.1. The minimum atomic E-state index is -0.746. The zero-order valence-corrected chi connectivity index (χ0v) is 11.1. The smallest absolute Gasteiger partial charge is 0.187 e. The summed E-state index contributed by atoms with van der Waals surface area (Å²) in [6, 6.07) is 8.79. The van der Waals surface area contributed by atoms with Crippen molar-refractivity contribution in [3.63, 3.8) is 0 Å². The zero-order chi connectivity index (χ0) is 15.0. The van der Waals surface area contributed by atoms with E-state index in [0.717, 1.165) is 22.4 Å². The second kappa shape index (κ2) is 4.93. The Labute approximate surface area is 119 Å². The number of tetrazole rings is 1. The van der Waals surface area contributed by atoms with Crippen LogP contribution in [0.1, 0.15) is 5.56 Å². The maximum atomic E-state index is 13.9. The summed E-state index contributed by atoms with van der Waals surface area (Å²) in [5, 5.41) is 11.0. The molecule has 1 aromatic heterocycles. The molecule has 2 N–H and O–H groups in total. The molecule has 0 atom stereocenters. The summed E-state index contributed by atoms with van der Waals surface area (Å²) in [5.74, 6) is -1.28. The molecule has 0 aliphatic heterocycles. The van der Waals surface area contributed by atoms with Crippen LogP contribution in [0, 0.1) is 18.6 Å². The molecule has 0 spiro atoms. The summed E-state index contributed by atoms with van der Waals surface area (Å²) in [6.07, 6.45) is 0. The molecule has 1 heterocycles. The maximum absolute atomic E-state index is 13.9. The maximum Gasteiger partial charge on any atom is 0.187 e. The van der Waals surface area contributed by atoms with Crippen molar-refractivity contribution in [3.8, 4) is 17.1 Å². The van der Waals surface area contributed by atoms with Gasteiger partial charge in [-0.05, 0) is 53.2 Å². The van der Waals surface area contributed by atoms with Crippen LogP contribution in [-0.2, 0) is 0 Å². The number of hydrogen-bond donors (Lipinski definition) is 1. The number of hydrogen-bond acceptors (Lipinski definition) is 4. The Balaban J connectivity index is 2.22. The first-order valence-corrected chi connectivity index (χ1v) is 6.16. The number of nitrogens with two attached hydrogens (primary N) is 1. The summed E-state index contributed by atoms with van der Waals surface area (Å²) >= 11 is 0. The molecule has 0 aliphatic carbocycles. The number of nitrogen functional groups attached to an aromatic ring is 1. The van der Waals surface area contributed by atoms with Gasteiger partial charge in [-0.15, -0.1) is 5.10 Å². The standard InChI is InChI=1S/C14H11F2N5/c1-8-5-9(7-10(17)6-8)14-18-19-20-21(14)13-11(15)3-2-4-12(13)16/h2-7H,17H2,1H3. The normalized spacial score (nSPS) is 10.8. The fourth-order valence-corrected chi connectivity index (χ4v) is 2.15. The number of para-hydroxylation sites is 1. The van der Waals surface area contributed by atoms with Gasteiger partial charge in [0.1, 0.15) is 5.69 Å². The quantitative estimate of drug-likeness (QED) is 0.735.